The van der Waals surface area contributed by atoms with E-state index in [9.17, 15) is 4.79 Å². The maximum atomic E-state index is 12.5. The Morgan fingerprint density at radius 1 is 1.36 bits per heavy atom. The third-order valence-electron chi connectivity index (χ3n) is 4.56. The highest BCUT2D eigenvalue weighted by Crippen LogP contribution is 2.25. The van der Waals surface area contributed by atoms with Crippen LogP contribution in [-0.2, 0) is 11.2 Å². The van der Waals surface area contributed by atoms with Crippen molar-refractivity contribution in [3.05, 3.63) is 53.7 Å². The number of carbonyl (C=O) groups is 1. The molecule has 1 aliphatic rings. The van der Waals surface area contributed by atoms with Crippen LogP contribution < -0.4 is 0 Å². The molecule has 0 saturated carbocycles. The molecular formula is C20H25N3O2. The first-order valence-corrected chi connectivity index (χ1v) is 9.08. The second-order valence-electron chi connectivity index (χ2n) is 6.43. The summed E-state index contributed by atoms with van der Waals surface area (Å²) < 4.78 is 5.21. The smallest absolute Gasteiger partial charge is 0.226 e. The number of aryl methyl sites for hydroxylation is 1. The quantitative estimate of drug-likeness (QED) is 0.802. The molecule has 1 saturated heterocycles. The fourth-order valence-corrected chi connectivity index (χ4v) is 3.14. The van der Waals surface area contributed by atoms with Crippen LogP contribution in [0.15, 0.2) is 40.9 Å². The second kappa shape index (κ2) is 8.60. The van der Waals surface area contributed by atoms with Gasteiger partial charge in [-0.1, -0.05) is 54.6 Å². The molecule has 2 aromatic rings. The Hall–Kier alpha value is -2.43. The van der Waals surface area contributed by atoms with E-state index in [1.807, 2.05) is 30.0 Å². The van der Waals surface area contributed by atoms with Crippen molar-refractivity contribution >= 4 is 12.0 Å². The van der Waals surface area contributed by atoms with Crippen LogP contribution in [0.5, 0.6) is 0 Å². The molecule has 1 fully saturated rings. The van der Waals surface area contributed by atoms with Gasteiger partial charge in [-0.25, -0.2) is 0 Å². The Kier molecular flexibility index (Phi) is 5.99. The van der Waals surface area contributed by atoms with Crippen LogP contribution in [0.2, 0.25) is 0 Å². The van der Waals surface area contributed by atoms with Crippen LogP contribution in [0.4, 0.5) is 0 Å². The summed E-state index contributed by atoms with van der Waals surface area (Å²) >= 11 is 0. The molecule has 25 heavy (non-hydrogen) atoms. The summed E-state index contributed by atoms with van der Waals surface area (Å²) in [5.41, 5.74) is 1.16. The normalized spacial score (nSPS) is 18.0. The van der Waals surface area contributed by atoms with E-state index in [1.165, 1.54) is 0 Å². The second-order valence-corrected chi connectivity index (χ2v) is 6.43. The third kappa shape index (κ3) is 4.78. The van der Waals surface area contributed by atoms with Crippen LogP contribution in [0.25, 0.3) is 6.08 Å². The summed E-state index contributed by atoms with van der Waals surface area (Å²) in [5, 5.41) is 4.08. The van der Waals surface area contributed by atoms with Crippen molar-refractivity contribution < 1.29 is 9.32 Å². The first kappa shape index (κ1) is 17.4. The van der Waals surface area contributed by atoms with E-state index < -0.39 is 0 Å². The SMILES string of the molecule is CCc1nc([C@H]2CCCN(C(=O)CC/C=C/c3ccccc3)C2)no1. The molecule has 0 radical (unpaired) electrons. The minimum atomic E-state index is 0.196. The van der Waals surface area contributed by atoms with Crippen LogP contribution in [0.3, 0.4) is 0 Å². The van der Waals surface area contributed by atoms with Gasteiger partial charge >= 0.3 is 0 Å². The fraction of sp³-hybridized carbons (Fsp3) is 0.450. The minimum Gasteiger partial charge on any atom is -0.342 e. The number of hydrogen-bond donors (Lipinski definition) is 0. The number of benzene rings is 1. The first-order chi connectivity index (χ1) is 12.3. The van der Waals surface area contributed by atoms with Crippen molar-refractivity contribution in [1.29, 1.82) is 0 Å². The van der Waals surface area contributed by atoms with Crippen molar-refractivity contribution in [3.8, 4) is 0 Å². The Labute approximate surface area is 148 Å². The fourth-order valence-electron chi connectivity index (χ4n) is 3.14. The Bertz CT molecular complexity index is 709. The summed E-state index contributed by atoms with van der Waals surface area (Å²) in [6, 6.07) is 10.1. The van der Waals surface area contributed by atoms with Crippen LogP contribution in [0.1, 0.15) is 55.8 Å². The van der Waals surface area contributed by atoms with Gasteiger partial charge in [0.15, 0.2) is 5.82 Å². The van der Waals surface area contributed by atoms with Crippen molar-refractivity contribution in [2.75, 3.05) is 13.1 Å². The molecule has 1 aromatic carbocycles. The molecule has 0 bridgehead atoms. The minimum absolute atomic E-state index is 0.196. The largest absolute Gasteiger partial charge is 0.342 e. The Balaban J connectivity index is 1.49. The zero-order valence-electron chi connectivity index (χ0n) is 14.7. The molecule has 0 N–H and O–H groups in total. The van der Waals surface area contributed by atoms with E-state index in [2.05, 4.69) is 34.4 Å². The molecule has 132 valence electrons. The maximum Gasteiger partial charge on any atom is 0.226 e. The third-order valence-corrected chi connectivity index (χ3v) is 4.56. The van der Waals surface area contributed by atoms with Gasteiger partial charge in [0.1, 0.15) is 0 Å². The summed E-state index contributed by atoms with van der Waals surface area (Å²) in [5.74, 6) is 1.83. The topological polar surface area (TPSA) is 59.2 Å². The van der Waals surface area contributed by atoms with E-state index in [4.69, 9.17) is 4.52 Å². The van der Waals surface area contributed by atoms with Crippen molar-refractivity contribution in [2.45, 2.75) is 44.9 Å². The number of nitrogens with zero attached hydrogens (tertiary/aromatic N) is 3. The van der Waals surface area contributed by atoms with Crippen LogP contribution in [0, 0.1) is 0 Å². The zero-order chi connectivity index (χ0) is 17.5. The van der Waals surface area contributed by atoms with Crippen molar-refractivity contribution in [3.63, 3.8) is 0 Å². The lowest BCUT2D eigenvalue weighted by molar-refractivity contribution is -0.132. The summed E-state index contributed by atoms with van der Waals surface area (Å²) in [6.45, 7) is 3.52. The van der Waals surface area contributed by atoms with Gasteiger partial charge < -0.3 is 9.42 Å². The number of likely N-dealkylation sites (tertiary alicyclic amines) is 1. The number of hydrogen-bond acceptors (Lipinski definition) is 4. The number of piperidine rings is 1. The molecule has 0 aliphatic carbocycles. The molecule has 2 heterocycles. The molecule has 1 amide bonds. The predicted octanol–water partition coefficient (Wildman–Crippen LogP) is 3.83. The number of allylic oxidation sites excluding steroid dienone is 1. The van der Waals surface area contributed by atoms with Gasteiger partial charge in [-0.2, -0.15) is 4.98 Å². The van der Waals surface area contributed by atoms with Gasteiger partial charge in [-0.05, 0) is 24.8 Å². The first-order valence-electron chi connectivity index (χ1n) is 9.08. The van der Waals surface area contributed by atoms with E-state index in [0.29, 0.717) is 18.9 Å². The van der Waals surface area contributed by atoms with Crippen molar-refractivity contribution in [2.24, 2.45) is 0 Å². The molecule has 1 aromatic heterocycles. The molecule has 0 spiro atoms. The highest BCUT2D eigenvalue weighted by molar-refractivity contribution is 5.76. The van der Waals surface area contributed by atoms with Gasteiger partial charge in [0.05, 0.1) is 0 Å². The van der Waals surface area contributed by atoms with E-state index in [0.717, 1.165) is 43.6 Å². The molecule has 1 aliphatic heterocycles. The zero-order valence-corrected chi connectivity index (χ0v) is 14.7. The van der Waals surface area contributed by atoms with Crippen LogP contribution >= 0.6 is 0 Å². The lowest BCUT2D eigenvalue weighted by Crippen LogP contribution is -2.39. The standard InChI is InChI=1S/C20H25N3O2/c1-2-18-21-20(22-25-18)17-12-8-14-23(15-17)19(24)13-7-6-11-16-9-4-3-5-10-16/h3-6,9-11,17H,2,7-8,12-15H2,1H3/b11-6+/t17-/m0/s1. The number of carbonyl (C=O) groups excluding carboxylic acids is 1. The van der Waals surface area contributed by atoms with Gasteiger partial charge in [0.25, 0.3) is 0 Å². The van der Waals surface area contributed by atoms with E-state index in [-0.39, 0.29) is 11.8 Å². The molecule has 1 atom stereocenters. The van der Waals surface area contributed by atoms with Crippen LogP contribution in [-0.4, -0.2) is 34.0 Å². The number of aromatic nitrogens is 2. The Morgan fingerprint density at radius 3 is 2.96 bits per heavy atom. The lowest BCUT2D eigenvalue weighted by Gasteiger charge is -2.31. The summed E-state index contributed by atoms with van der Waals surface area (Å²) in [4.78, 5) is 18.9. The summed E-state index contributed by atoms with van der Waals surface area (Å²) in [6.07, 6.45) is 8.20. The van der Waals surface area contributed by atoms with Gasteiger partial charge in [-0.15, -0.1) is 0 Å². The average molecular weight is 339 g/mol. The number of rotatable bonds is 6. The van der Waals surface area contributed by atoms with E-state index in [1.54, 1.807) is 0 Å². The lowest BCUT2D eigenvalue weighted by atomic mass is 9.97. The molecule has 5 heteroatoms. The predicted molar refractivity (Wildman–Crippen MR) is 96.9 cm³/mol. The molecule has 3 rings (SSSR count). The molecule has 0 unspecified atom stereocenters. The van der Waals surface area contributed by atoms with Gasteiger partial charge in [-0.3, -0.25) is 4.79 Å². The monoisotopic (exact) mass is 339 g/mol. The van der Waals surface area contributed by atoms with Gasteiger partial charge in [0.2, 0.25) is 11.8 Å². The average Bonchev–Trinajstić information content (AvgIpc) is 3.15. The molecule has 5 nitrogen and oxygen atoms in total. The van der Waals surface area contributed by atoms with Gasteiger partial charge in [0, 0.05) is 31.8 Å². The Morgan fingerprint density at radius 2 is 2.20 bits per heavy atom. The van der Waals surface area contributed by atoms with Crippen molar-refractivity contribution in [1.82, 2.24) is 15.0 Å². The highest BCUT2D eigenvalue weighted by Gasteiger charge is 2.27. The molecular weight excluding hydrogens is 314 g/mol. The summed E-state index contributed by atoms with van der Waals surface area (Å²) in [7, 11) is 0. The number of amides is 1. The highest BCUT2D eigenvalue weighted by atomic mass is 16.5. The maximum absolute atomic E-state index is 12.5. The van der Waals surface area contributed by atoms with E-state index >= 15 is 0 Å².